The number of hydrogen-bond acceptors (Lipinski definition) is 2. The highest BCUT2D eigenvalue weighted by molar-refractivity contribution is 6.30. The Morgan fingerprint density at radius 3 is 2.35 bits per heavy atom. The lowest BCUT2D eigenvalue weighted by Gasteiger charge is -2.08. The molecule has 1 aromatic carbocycles. The van der Waals surface area contributed by atoms with Crippen molar-refractivity contribution in [3.05, 3.63) is 29.3 Å². The van der Waals surface area contributed by atoms with E-state index >= 15 is 0 Å². The SMILES string of the molecule is O=C(CNCC(F)(F)F)Nc1ccc(Cl)cc1. The quantitative estimate of drug-likeness (QED) is 0.879. The van der Waals surface area contributed by atoms with Gasteiger partial charge in [-0.15, -0.1) is 0 Å². The molecule has 3 nitrogen and oxygen atoms in total. The molecule has 17 heavy (non-hydrogen) atoms. The van der Waals surface area contributed by atoms with Crippen molar-refractivity contribution in [3.8, 4) is 0 Å². The average molecular weight is 267 g/mol. The van der Waals surface area contributed by atoms with Crippen LogP contribution in [0.25, 0.3) is 0 Å². The van der Waals surface area contributed by atoms with E-state index in [4.69, 9.17) is 11.6 Å². The fourth-order valence-electron chi connectivity index (χ4n) is 1.06. The maximum atomic E-state index is 11.8. The maximum Gasteiger partial charge on any atom is 0.401 e. The van der Waals surface area contributed by atoms with E-state index in [2.05, 4.69) is 5.32 Å². The molecule has 0 radical (unpaired) electrons. The van der Waals surface area contributed by atoms with Crippen molar-refractivity contribution in [1.82, 2.24) is 5.32 Å². The van der Waals surface area contributed by atoms with Crippen LogP contribution in [0, 0.1) is 0 Å². The van der Waals surface area contributed by atoms with E-state index < -0.39 is 25.2 Å². The number of carbonyl (C=O) groups is 1. The van der Waals surface area contributed by atoms with E-state index in [1.807, 2.05) is 5.32 Å². The van der Waals surface area contributed by atoms with Crippen LogP contribution in [0.4, 0.5) is 18.9 Å². The molecule has 0 spiro atoms. The van der Waals surface area contributed by atoms with Crippen molar-refractivity contribution >= 4 is 23.2 Å². The minimum atomic E-state index is -4.32. The summed E-state index contributed by atoms with van der Waals surface area (Å²) >= 11 is 5.63. The first-order valence-corrected chi connectivity index (χ1v) is 5.07. The largest absolute Gasteiger partial charge is 0.401 e. The summed E-state index contributed by atoms with van der Waals surface area (Å²) in [6.45, 7) is -1.59. The van der Waals surface area contributed by atoms with Gasteiger partial charge in [0.25, 0.3) is 0 Å². The van der Waals surface area contributed by atoms with Gasteiger partial charge in [0.15, 0.2) is 0 Å². The fraction of sp³-hybridized carbons (Fsp3) is 0.300. The number of rotatable bonds is 4. The number of benzene rings is 1. The van der Waals surface area contributed by atoms with Crippen LogP contribution in [0.1, 0.15) is 0 Å². The molecule has 0 aliphatic carbocycles. The summed E-state index contributed by atoms with van der Waals surface area (Å²) in [6, 6.07) is 6.26. The molecule has 0 fully saturated rings. The molecule has 1 rings (SSSR count). The molecular formula is C10H10ClF3N2O. The van der Waals surface area contributed by atoms with Gasteiger partial charge in [0.2, 0.25) is 5.91 Å². The number of halogens is 4. The predicted octanol–water partition coefficient (Wildman–Crippen LogP) is 2.43. The van der Waals surface area contributed by atoms with Crippen LogP contribution in [-0.4, -0.2) is 25.2 Å². The Labute approximate surface area is 101 Å². The lowest BCUT2D eigenvalue weighted by Crippen LogP contribution is -2.35. The molecule has 0 heterocycles. The van der Waals surface area contributed by atoms with Crippen LogP contribution in [0.5, 0.6) is 0 Å². The summed E-state index contributed by atoms with van der Waals surface area (Å²) in [7, 11) is 0. The third-order valence-corrected chi connectivity index (χ3v) is 1.99. The zero-order valence-electron chi connectivity index (χ0n) is 8.64. The van der Waals surface area contributed by atoms with E-state index in [1.165, 1.54) is 0 Å². The third-order valence-electron chi connectivity index (χ3n) is 1.74. The summed E-state index contributed by atoms with van der Waals surface area (Å²) in [4.78, 5) is 11.2. The first-order chi connectivity index (χ1) is 7.87. The van der Waals surface area contributed by atoms with Gasteiger partial charge in [0.05, 0.1) is 13.1 Å². The van der Waals surface area contributed by atoms with E-state index in [0.717, 1.165) is 0 Å². The molecule has 0 saturated carbocycles. The zero-order chi connectivity index (χ0) is 12.9. The Bertz CT molecular complexity index is 378. The van der Waals surface area contributed by atoms with Crippen molar-refractivity contribution < 1.29 is 18.0 Å². The van der Waals surface area contributed by atoms with Gasteiger partial charge in [-0.1, -0.05) is 11.6 Å². The second kappa shape index (κ2) is 5.88. The van der Waals surface area contributed by atoms with Crippen LogP contribution in [0.2, 0.25) is 5.02 Å². The van der Waals surface area contributed by atoms with Crippen LogP contribution >= 0.6 is 11.6 Å². The van der Waals surface area contributed by atoms with Gasteiger partial charge in [-0.2, -0.15) is 13.2 Å². The van der Waals surface area contributed by atoms with Crippen molar-refractivity contribution in [2.45, 2.75) is 6.18 Å². The molecule has 94 valence electrons. The number of hydrogen-bond donors (Lipinski definition) is 2. The molecule has 2 N–H and O–H groups in total. The van der Waals surface area contributed by atoms with Gasteiger partial charge in [-0.25, -0.2) is 0 Å². The predicted molar refractivity (Wildman–Crippen MR) is 59.0 cm³/mol. The van der Waals surface area contributed by atoms with Gasteiger partial charge in [0, 0.05) is 10.7 Å². The number of anilines is 1. The van der Waals surface area contributed by atoms with Gasteiger partial charge in [-0.05, 0) is 24.3 Å². The highest BCUT2D eigenvalue weighted by Crippen LogP contribution is 2.13. The lowest BCUT2D eigenvalue weighted by atomic mass is 10.3. The van der Waals surface area contributed by atoms with Crippen LogP contribution in [0.15, 0.2) is 24.3 Å². The average Bonchev–Trinajstić information content (AvgIpc) is 2.19. The molecule has 0 saturated heterocycles. The minimum Gasteiger partial charge on any atom is -0.325 e. The molecule has 0 aliphatic rings. The van der Waals surface area contributed by atoms with E-state index in [0.29, 0.717) is 10.7 Å². The van der Waals surface area contributed by atoms with E-state index in [9.17, 15) is 18.0 Å². The Kier molecular flexibility index (Phi) is 4.77. The summed E-state index contributed by atoms with van der Waals surface area (Å²) in [6.07, 6.45) is -4.32. The van der Waals surface area contributed by atoms with E-state index in [-0.39, 0.29) is 0 Å². The number of alkyl halides is 3. The normalized spacial score (nSPS) is 11.3. The Hall–Kier alpha value is -1.27. The number of carbonyl (C=O) groups excluding carboxylic acids is 1. The molecule has 0 bridgehead atoms. The first kappa shape index (κ1) is 13.8. The van der Waals surface area contributed by atoms with Gasteiger partial charge >= 0.3 is 6.18 Å². The Morgan fingerprint density at radius 1 is 1.24 bits per heavy atom. The topological polar surface area (TPSA) is 41.1 Å². The second-order valence-corrected chi connectivity index (χ2v) is 3.71. The third kappa shape index (κ3) is 6.13. The minimum absolute atomic E-state index is 0.401. The molecule has 0 atom stereocenters. The smallest absolute Gasteiger partial charge is 0.325 e. The molecular weight excluding hydrogens is 257 g/mol. The molecule has 0 aromatic heterocycles. The summed E-state index contributed by atoms with van der Waals surface area (Å²) in [5.74, 6) is -0.545. The fourth-order valence-corrected chi connectivity index (χ4v) is 1.18. The van der Waals surface area contributed by atoms with Crippen molar-refractivity contribution in [1.29, 1.82) is 0 Å². The molecule has 0 aliphatic heterocycles. The van der Waals surface area contributed by atoms with Crippen molar-refractivity contribution in [2.24, 2.45) is 0 Å². The Morgan fingerprint density at radius 2 is 1.82 bits per heavy atom. The molecule has 7 heteroatoms. The van der Waals surface area contributed by atoms with Crippen LogP contribution in [-0.2, 0) is 4.79 Å². The summed E-state index contributed by atoms with van der Waals surface area (Å²) < 4.78 is 35.3. The van der Waals surface area contributed by atoms with Crippen molar-refractivity contribution in [3.63, 3.8) is 0 Å². The van der Waals surface area contributed by atoms with Gasteiger partial charge < -0.3 is 10.6 Å². The summed E-state index contributed by atoms with van der Waals surface area (Å²) in [5.41, 5.74) is 0.480. The van der Waals surface area contributed by atoms with Gasteiger partial charge in [0.1, 0.15) is 0 Å². The number of amides is 1. The molecule has 0 unspecified atom stereocenters. The van der Waals surface area contributed by atoms with E-state index in [1.54, 1.807) is 24.3 Å². The maximum absolute atomic E-state index is 11.8. The Balaban J connectivity index is 2.32. The second-order valence-electron chi connectivity index (χ2n) is 3.27. The lowest BCUT2D eigenvalue weighted by molar-refractivity contribution is -0.126. The first-order valence-electron chi connectivity index (χ1n) is 4.70. The highest BCUT2D eigenvalue weighted by atomic mass is 35.5. The summed E-state index contributed by atoms with van der Waals surface area (Å²) in [5, 5.41) is 4.93. The van der Waals surface area contributed by atoms with Crippen LogP contribution < -0.4 is 10.6 Å². The molecule has 1 amide bonds. The number of nitrogens with one attached hydrogen (secondary N) is 2. The van der Waals surface area contributed by atoms with Crippen molar-refractivity contribution in [2.75, 3.05) is 18.4 Å². The van der Waals surface area contributed by atoms with Crippen LogP contribution in [0.3, 0.4) is 0 Å². The highest BCUT2D eigenvalue weighted by Gasteiger charge is 2.26. The zero-order valence-corrected chi connectivity index (χ0v) is 9.40. The monoisotopic (exact) mass is 266 g/mol. The standard InChI is InChI=1S/C10H10ClF3N2O/c11-7-1-3-8(4-2-7)16-9(17)5-15-6-10(12,13)14/h1-4,15H,5-6H2,(H,16,17). The molecule has 1 aromatic rings. The van der Waals surface area contributed by atoms with Gasteiger partial charge in [-0.3, -0.25) is 4.79 Å².